The fraction of sp³-hybridized carbons (Fsp3) is 0.385. The summed E-state index contributed by atoms with van der Waals surface area (Å²) in [6, 6.07) is 6.56. The monoisotopic (exact) mass is 279 g/mol. The number of nitrogens with one attached hydrogen (secondary N) is 1. The van der Waals surface area contributed by atoms with Crippen LogP contribution in [0.4, 0.5) is 0 Å². The van der Waals surface area contributed by atoms with Gasteiger partial charge in [-0.2, -0.15) is 5.26 Å². The van der Waals surface area contributed by atoms with Gasteiger partial charge in [-0.3, -0.25) is 9.69 Å². The van der Waals surface area contributed by atoms with E-state index in [0.29, 0.717) is 30.2 Å². The van der Waals surface area contributed by atoms with Gasteiger partial charge in [0.25, 0.3) is 0 Å². The lowest BCUT2D eigenvalue weighted by atomic mass is 10.1. The van der Waals surface area contributed by atoms with E-state index in [1.165, 1.54) is 0 Å². The first-order valence-electron chi connectivity index (χ1n) is 5.98. The third-order valence-electron chi connectivity index (χ3n) is 3.19. The number of nitriles is 1. The Morgan fingerprint density at radius 2 is 2.42 bits per heavy atom. The van der Waals surface area contributed by atoms with Gasteiger partial charge in [0.2, 0.25) is 0 Å². The van der Waals surface area contributed by atoms with Crippen LogP contribution >= 0.6 is 11.6 Å². The second-order valence-corrected chi connectivity index (χ2v) is 4.85. The van der Waals surface area contributed by atoms with E-state index in [9.17, 15) is 9.90 Å². The Morgan fingerprint density at radius 3 is 3.05 bits per heavy atom. The molecule has 1 unspecified atom stereocenters. The lowest BCUT2D eigenvalue weighted by Gasteiger charge is -2.33. The molecule has 19 heavy (non-hydrogen) atoms. The van der Waals surface area contributed by atoms with E-state index in [-0.39, 0.29) is 0 Å². The van der Waals surface area contributed by atoms with Crippen molar-refractivity contribution in [1.82, 2.24) is 10.2 Å². The van der Waals surface area contributed by atoms with Gasteiger partial charge in [0, 0.05) is 31.2 Å². The summed E-state index contributed by atoms with van der Waals surface area (Å²) in [6.07, 6.45) is 0. The second-order valence-electron chi connectivity index (χ2n) is 4.45. The molecule has 0 radical (unpaired) electrons. The quantitative estimate of drug-likeness (QED) is 0.866. The van der Waals surface area contributed by atoms with Crippen molar-refractivity contribution in [1.29, 1.82) is 5.26 Å². The maximum absolute atomic E-state index is 11.2. The van der Waals surface area contributed by atoms with Crippen LogP contribution in [0.5, 0.6) is 0 Å². The molecule has 5 nitrogen and oxygen atoms in total. The Labute approximate surface area is 116 Å². The standard InChI is InChI=1S/C13H14ClN3O2/c14-11-5-9(6-15)1-2-10(11)8-17-4-3-16-7-12(17)13(18)19/h1-2,5,12,16H,3-4,7-8H2,(H,18,19). The molecule has 100 valence electrons. The largest absolute Gasteiger partial charge is 0.480 e. The Kier molecular flexibility index (Phi) is 4.38. The number of carboxylic acids is 1. The van der Waals surface area contributed by atoms with E-state index in [1.807, 2.05) is 11.0 Å². The van der Waals surface area contributed by atoms with E-state index in [1.54, 1.807) is 18.2 Å². The van der Waals surface area contributed by atoms with Crippen molar-refractivity contribution >= 4 is 17.6 Å². The Hall–Kier alpha value is -1.61. The van der Waals surface area contributed by atoms with Gasteiger partial charge >= 0.3 is 5.97 Å². The molecule has 1 heterocycles. The molecule has 0 amide bonds. The predicted molar refractivity (Wildman–Crippen MR) is 70.9 cm³/mol. The van der Waals surface area contributed by atoms with Gasteiger partial charge in [-0.25, -0.2) is 0 Å². The maximum Gasteiger partial charge on any atom is 0.322 e. The van der Waals surface area contributed by atoms with E-state index >= 15 is 0 Å². The van der Waals surface area contributed by atoms with E-state index in [4.69, 9.17) is 16.9 Å². The van der Waals surface area contributed by atoms with Gasteiger partial charge in [0.15, 0.2) is 0 Å². The molecule has 1 aliphatic rings. The van der Waals surface area contributed by atoms with Crippen molar-refractivity contribution in [2.24, 2.45) is 0 Å². The van der Waals surface area contributed by atoms with Crippen molar-refractivity contribution in [2.75, 3.05) is 19.6 Å². The van der Waals surface area contributed by atoms with Crippen LogP contribution < -0.4 is 5.32 Å². The minimum Gasteiger partial charge on any atom is -0.480 e. The highest BCUT2D eigenvalue weighted by molar-refractivity contribution is 6.31. The van der Waals surface area contributed by atoms with Crippen LogP contribution in [0.25, 0.3) is 0 Å². The van der Waals surface area contributed by atoms with Crippen LogP contribution in [0.1, 0.15) is 11.1 Å². The minimum atomic E-state index is -0.836. The van der Waals surface area contributed by atoms with Crippen molar-refractivity contribution in [3.63, 3.8) is 0 Å². The zero-order valence-electron chi connectivity index (χ0n) is 10.3. The smallest absolute Gasteiger partial charge is 0.322 e. The number of hydrogen-bond donors (Lipinski definition) is 2. The molecule has 1 aliphatic heterocycles. The van der Waals surface area contributed by atoms with Gasteiger partial charge in [0.05, 0.1) is 11.6 Å². The summed E-state index contributed by atoms with van der Waals surface area (Å²) in [5.74, 6) is -0.836. The molecule has 1 aromatic carbocycles. The third-order valence-corrected chi connectivity index (χ3v) is 3.55. The molecular formula is C13H14ClN3O2. The van der Waals surface area contributed by atoms with Gasteiger partial charge in [0.1, 0.15) is 6.04 Å². The average molecular weight is 280 g/mol. The first kappa shape index (κ1) is 13.8. The number of rotatable bonds is 3. The van der Waals surface area contributed by atoms with Crippen molar-refractivity contribution in [2.45, 2.75) is 12.6 Å². The lowest BCUT2D eigenvalue weighted by Crippen LogP contribution is -2.54. The molecule has 2 N–H and O–H groups in total. The number of benzene rings is 1. The molecular weight excluding hydrogens is 266 g/mol. The number of halogens is 1. The predicted octanol–water partition coefficient (Wildman–Crippen LogP) is 1.07. The van der Waals surface area contributed by atoms with Crippen LogP contribution in [-0.4, -0.2) is 41.7 Å². The summed E-state index contributed by atoms with van der Waals surface area (Å²) in [5, 5.41) is 21.5. The van der Waals surface area contributed by atoms with Crippen molar-refractivity contribution in [3.8, 4) is 6.07 Å². The zero-order chi connectivity index (χ0) is 13.8. The Bertz CT molecular complexity index is 527. The zero-order valence-corrected chi connectivity index (χ0v) is 11.0. The molecule has 2 rings (SSSR count). The fourth-order valence-corrected chi connectivity index (χ4v) is 2.38. The van der Waals surface area contributed by atoms with Gasteiger partial charge in [-0.1, -0.05) is 17.7 Å². The molecule has 1 fully saturated rings. The van der Waals surface area contributed by atoms with Crippen LogP contribution in [0.15, 0.2) is 18.2 Å². The molecule has 0 saturated carbocycles. The van der Waals surface area contributed by atoms with E-state index in [0.717, 1.165) is 12.1 Å². The van der Waals surface area contributed by atoms with E-state index < -0.39 is 12.0 Å². The van der Waals surface area contributed by atoms with Gasteiger partial charge in [-0.15, -0.1) is 0 Å². The highest BCUT2D eigenvalue weighted by Crippen LogP contribution is 2.20. The first-order chi connectivity index (χ1) is 9.11. The van der Waals surface area contributed by atoms with Gasteiger partial charge in [-0.05, 0) is 17.7 Å². The first-order valence-corrected chi connectivity index (χ1v) is 6.35. The SMILES string of the molecule is N#Cc1ccc(CN2CCNCC2C(=O)O)c(Cl)c1. The summed E-state index contributed by atoms with van der Waals surface area (Å²) in [6.45, 7) is 2.33. The highest BCUT2D eigenvalue weighted by Gasteiger charge is 2.28. The fourth-order valence-electron chi connectivity index (χ4n) is 2.14. The number of carbonyl (C=O) groups is 1. The molecule has 0 aromatic heterocycles. The number of nitrogens with zero attached hydrogens (tertiary/aromatic N) is 2. The maximum atomic E-state index is 11.2. The number of carboxylic acid groups (broad SMARTS) is 1. The van der Waals surface area contributed by atoms with Gasteiger partial charge < -0.3 is 10.4 Å². The number of piperazine rings is 1. The van der Waals surface area contributed by atoms with Crippen LogP contribution in [0.3, 0.4) is 0 Å². The van der Waals surface area contributed by atoms with Crippen LogP contribution in [0, 0.1) is 11.3 Å². The second kappa shape index (κ2) is 6.02. The normalized spacial score (nSPS) is 19.9. The van der Waals surface area contributed by atoms with Crippen LogP contribution in [0.2, 0.25) is 5.02 Å². The number of aliphatic carboxylic acids is 1. The summed E-state index contributed by atoms with van der Waals surface area (Å²) in [4.78, 5) is 13.1. The molecule has 6 heteroatoms. The Balaban J connectivity index is 2.15. The molecule has 0 spiro atoms. The molecule has 0 bridgehead atoms. The minimum absolute atomic E-state index is 0.434. The number of hydrogen-bond acceptors (Lipinski definition) is 4. The summed E-state index contributed by atoms with van der Waals surface area (Å²) < 4.78 is 0. The highest BCUT2D eigenvalue weighted by atomic mass is 35.5. The summed E-state index contributed by atoms with van der Waals surface area (Å²) in [7, 11) is 0. The molecule has 0 aliphatic carbocycles. The third kappa shape index (κ3) is 3.24. The molecule has 1 aromatic rings. The lowest BCUT2D eigenvalue weighted by molar-refractivity contribution is -0.144. The molecule has 1 saturated heterocycles. The average Bonchev–Trinajstić information content (AvgIpc) is 2.41. The Morgan fingerprint density at radius 1 is 1.63 bits per heavy atom. The summed E-state index contributed by atoms with van der Waals surface area (Å²) in [5.41, 5.74) is 1.35. The van der Waals surface area contributed by atoms with E-state index in [2.05, 4.69) is 5.32 Å². The molecule has 1 atom stereocenters. The van der Waals surface area contributed by atoms with Crippen molar-refractivity contribution in [3.05, 3.63) is 34.3 Å². The van der Waals surface area contributed by atoms with Crippen molar-refractivity contribution < 1.29 is 9.90 Å². The van der Waals surface area contributed by atoms with Crippen LogP contribution in [-0.2, 0) is 11.3 Å². The summed E-state index contributed by atoms with van der Waals surface area (Å²) >= 11 is 6.11. The topological polar surface area (TPSA) is 76.4 Å².